The molecule has 1 N–H and O–H groups in total. The van der Waals surface area contributed by atoms with Crippen LogP contribution in [0, 0.1) is 5.82 Å². The molecule has 122 valence electrons. The van der Waals surface area contributed by atoms with Crippen molar-refractivity contribution in [3.63, 3.8) is 0 Å². The maximum atomic E-state index is 12.9. The number of ether oxygens (including phenoxy) is 2. The normalized spacial score (nSPS) is 27.8. The molecule has 2 aliphatic rings. The van der Waals surface area contributed by atoms with E-state index in [9.17, 15) is 4.39 Å². The van der Waals surface area contributed by atoms with Crippen LogP contribution in [0.4, 0.5) is 4.39 Å². The standard InChI is InChI=1S/C18H26FNO2/c19-16-6-4-14(5-7-16)15-11-17(12-15)20-8-2-9-21-13-18-3-1-10-22-18/h4-7,15,17-18,20H,1-3,8-13H2. The molecule has 3 nitrogen and oxygen atoms in total. The van der Waals surface area contributed by atoms with E-state index in [1.807, 2.05) is 12.1 Å². The van der Waals surface area contributed by atoms with Gasteiger partial charge in [0.1, 0.15) is 5.82 Å². The van der Waals surface area contributed by atoms with E-state index in [0.717, 1.165) is 52.0 Å². The van der Waals surface area contributed by atoms with Gasteiger partial charge in [-0.1, -0.05) is 12.1 Å². The lowest BCUT2D eigenvalue weighted by atomic mass is 9.76. The Morgan fingerprint density at radius 1 is 1.23 bits per heavy atom. The van der Waals surface area contributed by atoms with Gasteiger partial charge in [-0.25, -0.2) is 4.39 Å². The Hall–Kier alpha value is -0.970. The molecule has 1 atom stereocenters. The van der Waals surface area contributed by atoms with Crippen molar-refractivity contribution < 1.29 is 13.9 Å². The summed E-state index contributed by atoms with van der Waals surface area (Å²) < 4.78 is 24.1. The molecular weight excluding hydrogens is 281 g/mol. The van der Waals surface area contributed by atoms with E-state index >= 15 is 0 Å². The van der Waals surface area contributed by atoms with Crippen molar-refractivity contribution in [1.29, 1.82) is 0 Å². The van der Waals surface area contributed by atoms with Gasteiger partial charge in [-0.05, 0) is 62.3 Å². The fourth-order valence-corrected chi connectivity index (χ4v) is 3.26. The smallest absolute Gasteiger partial charge is 0.123 e. The molecule has 2 fully saturated rings. The summed E-state index contributed by atoms with van der Waals surface area (Å²) in [7, 11) is 0. The zero-order chi connectivity index (χ0) is 15.2. The highest BCUT2D eigenvalue weighted by atomic mass is 19.1. The molecule has 1 unspecified atom stereocenters. The summed E-state index contributed by atoms with van der Waals surface area (Å²) >= 11 is 0. The van der Waals surface area contributed by atoms with Crippen molar-refractivity contribution in [3.8, 4) is 0 Å². The Labute approximate surface area is 132 Å². The summed E-state index contributed by atoms with van der Waals surface area (Å²) in [6.07, 6.45) is 6.00. The molecule has 1 aliphatic heterocycles. The maximum Gasteiger partial charge on any atom is 0.123 e. The predicted octanol–water partition coefficient (Wildman–Crippen LogP) is 3.25. The van der Waals surface area contributed by atoms with E-state index in [4.69, 9.17) is 9.47 Å². The number of hydrogen-bond donors (Lipinski definition) is 1. The third-order valence-corrected chi connectivity index (χ3v) is 4.71. The topological polar surface area (TPSA) is 30.5 Å². The average molecular weight is 307 g/mol. The van der Waals surface area contributed by atoms with Crippen LogP contribution in [-0.4, -0.2) is 38.5 Å². The fourth-order valence-electron chi connectivity index (χ4n) is 3.26. The molecule has 22 heavy (non-hydrogen) atoms. The summed E-state index contributed by atoms with van der Waals surface area (Å²) in [6, 6.07) is 7.54. The van der Waals surface area contributed by atoms with Gasteiger partial charge < -0.3 is 14.8 Å². The van der Waals surface area contributed by atoms with Gasteiger partial charge in [0, 0.05) is 19.3 Å². The van der Waals surface area contributed by atoms with Gasteiger partial charge in [-0.3, -0.25) is 0 Å². The maximum absolute atomic E-state index is 12.9. The van der Waals surface area contributed by atoms with Crippen molar-refractivity contribution in [3.05, 3.63) is 35.6 Å². The minimum absolute atomic E-state index is 0.152. The van der Waals surface area contributed by atoms with Gasteiger partial charge >= 0.3 is 0 Å². The molecule has 1 saturated heterocycles. The third-order valence-electron chi connectivity index (χ3n) is 4.71. The van der Waals surface area contributed by atoms with Gasteiger partial charge in [-0.2, -0.15) is 0 Å². The molecule has 3 rings (SSSR count). The van der Waals surface area contributed by atoms with E-state index in [2.05, 4.69) is 5.32 Å². The number of benzene rings is 1. The van der Waals surface area contributed by atoms with Crippen LogP contribution in [0.3, 0.4) is 0 Å². The van der Waals surface area contributed by atoms with Crippen LogP contribution in [-0.2, 0) is 9.47 Å². The van der Waals surface area contributed by atoms with Crippen molar-refractivity contribution in [2.45, 2.75) is 50.2 Å². The fraction of sp³-hybridized carbons (Fsp3) is 0.667. The van der Waals surface area contributed by atoms with Gasteiger partial charge in [0.25, 0.3) is 0 Å². The second kappa shape index (κ2) is 8.04. The van der Waals surface area contributed by atoms with Crippen molar-refractivity contribution >= 4 is 0 Å². The number of nitrogens with one attached hydrogen (secondary N) is 1. The summed E-state index contributed by atoms with van der Waals surface area (Å²) in [5, 5.41) is 3.57. The lowest BCUT2D eigenvalue weighted by Gasteiger charge is -2.36. The second-order valence-corrected chi connectivity index (χ2v) is 6.43. The molecule has 4 heteroatoms. The summed E-state index contributed by atoms with van der Waals surface area (Å²) in [5.74, 6) is 0.439. The first-order valence-electron chi connectivity index (χ1n) is 8.49. The van der Waals surface area contributed by atoms with Gasteiger partial charge in [0.15, 0.2) is 0 Å². The van der Waals surface area contributed by atoms with Crippen LogP contribution >= 0.6 is 0 Å². The van der Waals surface area contributed by atoms with Gasteiger partial charge in [0.05, 0.1) is 12.7 Å². The molecule has 0 radical (unpaired) electrons. The SMILES string of the molecule is Fc1ccc(C2CC(NCCCOCC3CCCO3)C2)cc1. The van der Waals surface area contributed by atoms with Crippen LogP contribution < -0.4 is 5.32 Å². The van der Waals surface area contributed by atoms with Crippen molar-refractivity contribution in [2.24, 2.45) is 0 Å². The Morgan fingerprint density at radius 2 is 2.05 bits per heavy atom. The molecule has 0 spiro atoms. The third kappa shape index (κ3) is 4.51. The zero-order valence-electron chi connectivity index (χ0n) is 13.1. The second-order valence-electron chi connectivity index (χ2n) is 6.43. The molecule has 0 bridgehead atoms. The number of hydrogen-bond acceptors (Lipinski definition) is 3. The van der Waals surface area contributed by atoms with E-state index in [-0.39, 0.29) is 5.82 Å². The first-order valence-corrected chi connectivity index (χ1v) is 8.49. The van der Waals surface area contributed by atoms with E-state index in [0.29, 0.717) is 18.1 Å². The Morgan fingerprint density at radius 3 is 2.77 bits per heavy atom. The highest BCUT2D eigenvalue weighted by molar-refractivity contribution is 5.23. The molecule has 1 aromatic carbocycles. The van der Waals surface area contributed by atoms with E-state index in [1.54, 1.807) is 12.1 Å². The Balaban J connectivity index is 1.20. The van der Waals surface area contributed by atoms with Crippen LogP contribution in [0.5, 0.6) is 0 Å². The molecule has 1 aromatic rings. The van der Waals surface area contributed by atoms with Crippen molar-refractivity contribution in [2.75, 3.05) is 26.4 Å². The summed E-state index contributed by atoms with van der Waals surface area (Å²) in [4.78, 5) is 0. The van der Waals surface area contributed by atoms with Crippen LogP contribution in [0.25, 0.3) is 0 Å². The minimum Gasteiger partial charge on any atom is -0.379 e. The zero-order valence-corrected chi connectivity index (χ0v) is 13.1. The number of halogens is 1. The number of rotatable bonds is 8. The predicted molar refractivity (Wildman–Crippen MR) is 84.6 cm³/mol. The highest BCUT2D eigenvalue weighted by Gasteiger charge is 2.29. The van der Waals surface area contributed by atoms with Gasteiger partial charge in [-0.15, -0.1) is 0 Å². The highest BCUT2D eigenvalue weighted by Crippen LogP contribution is 2.36. The monoisotopic (exact) mass is 307 g/mol. The van der Waals surface area contributed by atoms with Crippen LogP contribution in [0.2, 0.25) is 0 Å². The minimum atomic E-state index is -0.152. The molecule has 1 saturated carbocycles. The van der Waals surface area contributed by atoms with Crippen LogP contribution in [0.15, 0.2) is 24.3 Å². The average Bonchev–Trinajstić information content (AvgIpc) is 2.99. The summed E-state index contributed by atoms with van der Waals surface area (Å²) in [5.41, 5.74) is 1.26. The lowest BCUT2D eigenvalue weighted by Crippen LogP contribution is -2.40. The first-order chi connectivity index (χ1) is 10.8. The first kappa shape index (κ1) is 15.9. The Bertz CT molecular complexity index is 439. The lowest BCUT2D eigenvalue weighted by molar-refractivity contribution is 0.0163. The van der Waals surface area contributed by atoms with E-state index < -0.39 is 0 Å². The van der Waals surface area contributed by atoms with E-state index in [1.165, 1.54) is 12.0 Å². The van der Waals surface area contributed by atoms with Crippen LogP contribution in [0.1, 0.15) is 43.6 Å². The molecule has 0 aromatic heterocycles. The molecular formula is C18H26FNO2. The van der Waals surface area contributed by atoms with Crippen molar-refractivity contribution in [1.82, 2.24) is 5.32 Å². The molecule has 1 heterocycles. The molecule has 1 aliphatic carbocycles. The molecule has 0 amide bonds. The van der Waals surface area contributed by atoms with Gasteiger partial charge in [0.2, 0.25) is 0 Å². The largest absolute Gasteiger partial charge is 0.379 e. The quantitative estimate of drug-likeness (QED) is 0.748. The Kier molecular flexibility index (Phi) is 5.82. The summed E-state index contributed by atoms with van der Waals surface area (Å²) in [6.45, 7) is 3.45.